The van der Waals surface area contributed by atoms with Crippen LogP contribution in [-0.4, -0.2) is 5.91 Å². The summed E-state index contributed by atoms with van der Waals surface area (Å²) >= 11 is 6.14. The van der Waals surface area contributed by atoms with Crippen molar-refractivity contribution in [3.05, 3.63) is 56.5 Å². The van der Waals surface area contributed by atoms with Crippen LogP contribution in [0.15, 0.2) is 39.3 Å². The Bertz CT molecular complexity index is 692. The van der Waals surface area contributed by atoms with Crippen LogP contribution in [0.2, 0.25) is 0 Å². The SMILES string of the molecule is Nc1cc(C(=O)Nc2cc(Br)c(F)cc2F)ccc1Br. The Hall–Kier alpha value is -1.47. The summed E-state index contributed by atoms with van der Waals surface area (Å²) in [6.45, 7) is 0. The lowest BCUT2D eigenvalue weighted by molar-refractivity contribution is 0.102. The second kappa shape index (κ2) is 5.88. The molecule has 0 saturated carbocycles. The van der Waals surface area contributed by atoms with E-state index in [-0.39, 0.29) is 15.7 Å². The van der Waals surface area contributed by atoms with Crippen LogP contribution < -0.4 is 11.1 Å². The van der Waals surface area contributed by atoms with Gasteiger partial charge in [-0.15, -0.1) is 0 Å². The van der Waals surface area contributed by atoms with E-state index in [1.807, 2.05) is 0 Å². The van der Waals surface area contributed by atoms with Crippen LogP contribution in [0.25, 0.3) is 0 Å². The van der Waals surface area contributed by atoms with Gasteiger partial charge in [0.2, 0.25) is 0 Å². The van der Waals surface area contributed by atoms with Crippen LogP contribution in [-0.2, 0) is 0 Å². The molecule has 0 atom stereocenters. The number of benzene rings is 2. The van der Waals surface area contributed by atoms with E-state index in [0.717, 1.165) is 6.07 Å². The van der Waals surface area contributed by atoms with Gasteiger partial charge >= 0.3 is 0 Å². The average molecular weight is 406 g/mol. The fourth-order valence-electron chi connectivity index (χ4n) is 1.50. The van der Waals surface area contributed by atoms with Crippen molar-refractivity contribution in [1.29, 1.82) is 0 Å². The highest BCUT2D eigenvalue weighted by Crippen LogP contribution is 2.25. The molecule has 2 aromatic rings. The maximum absolute atomic E-state index is 13.5. The zero-order chi connectivity index (χ0) is 14.9. The molecule has 0 radical (unpaired) electrons. The molecule has 0 aliphatic rings. The summed E-state index contributed by atoms with van der Waals surface area (Å²) in [5.41, 5.74) is 6.20. The van der Waals surface area contributed by atoms with Gasteiger partial charge in [-0.05, 0) is 56.1 Å². The minimum Gasteiger partial charge on any atom is -0.398 e. The average Bonchev–Trinajstić information content (AvgIpc) is 2.39. The molecule has 1 amide bonds. The fraction of sp³-hybridized carbons (Fsp3) is 0. The number of nitrogens with one attached hydrogen (secondary N) is 1. The Kier molecular flexibility index (Phi) is 4.39. The third kappa shape index (κ3) is 3.16. The molecular formula is C13H8Br2F2N2O. The predicted molar refractivity (Wildman–Crippen MR) is 80.6 cm³/mol. The minimum absolute atomic E-state index is 0.0597. The Labute approximate surface area is 130 Å². The third-order valence-corrected chi connectivity index (χ3v) is 3.85. The van der Waals surface area contributed by atoms with Gasteiger partial charge in [0.25, 0.3) is 5.91 Å². The summed E-state index contributed by atoms with van der Waals surface area (Å²) in [6, 6.07) is 6.45. The molecule has 0 heterocycles. The molecule has 0 unspecified atom stereocenters. The summed E-state index contributed by atoms with van der Waals surface area (Å²) in [7, 11) is 0. The van der Waals surface area contributed by atoms with Gasteiger partial charge < -0.3 is 11.1 Å². The van der Waals surface area contributed by atoms with Crippen molar-refractivity contribution in [2.24, 2.45) is 0 Å². The second-order valence-corrected chi connectivity index (χ2v) is 5.65. The molecule has 0 saturated heterocycles. The van der Waals surface area contributed by atoms with E-state index < -0.39 is 17.5 Å². The van der Waals surface area contributed by atoms with Gasteiger partial charge in [0.15, 0.2) is 0 Å². The molecule has 0 spiro atoms. The van der Waals surface area contributed by atoms with E-state index in [1.165, 1.54) is 12.1 Å². The molecule has 104 valence electrons. The number of amides is 1. The predicted octanol–water partition coefficient (Wildman–Crippen LogP) is 4.32. The molecule has 0 bridgehead atoms. The van der Waals surface area contributed by atoms with E-state index in [4.69, 9.17) is 5.73 Å². The Morgan fingerprint density at radius 2 is 1.75 bits per heavy atom. The number of anilines is 2. The van der Waals surface area contributed by atoms with Crippen LogP contribution in [0.1, 0.15) is 10.4 Å². The molecule has 0 aliphatic carbocycles. The van der Waals surface area contributed by atoms with E-state index in [2.05, 4.69) is 37.2 Å². The van der Waals surface area contributed by atoms with Crippen molar-refractivity contribution < 1.29 is 13.6 Å². The van der Waals surface area contributed by atoms with Crippen molar-refractivity contribution in [3.63, 3.8) is 0 Å². The first-order valence-corrected chi connectivity index (χ1v) is 6.98. The zero-order valence-corrected chi connectivity index (χ0v) is 13.1. The quantitative estimate of drug-likeness (QED) is 0.577. The van der Waals surface area contributed by atoms with Crippen molar-refractivity contribution >= 4 is 49.1 Å². The van der Waals surface area contributed by atoms with Crippen LogP contribution >= 0.6 is 31.9 Å². The van der Waals surface area contributed by atoms with Crippen molar-refractivity contribution in [2.45, 2.75) is 0 Å². The smallest absolute Gasteiger partial charge is 0.255 e. The van der Waals surface area contributed by atoms with Crippen molar-refractivity contribution in [3.8, 4) is 0 Å². The van der Waals surface area contributed by atoms with Crippen LogP contribution in [0.4, 0.5) is 20.2 Å². The Morgan fingerprint density at radius 1 is 1.05 bits per heavy atom. The van der Waals surface area contributed by atoms with Crippen molar-refractivity contribution in [2.75, 3.05) is 11.1 Å². The number of nitrogen functional groups attached to an aromatic ring is 1. The number of hydrogen-bond acceptors (Lipinski definition) is 2. The van der Waals surface area contributed by atoms with Gasteiger partial charge in [-0.25, -0.2) is 8.78 Å². The van der Waals surface area contributed by atoms with Gasteiger partial charge in [-0.2, -0.15) is 0 Å². The second-order valence-electron chi connectivity index (χ2n) is 3.94. The standard InChI is InChI=1S/C13H8Br2F2N2O/c14-7-2-1-6(3-11(7)18)13(20)19-12-4-8(15)9(16)5-10(12)17/h1-5H,18H2,(H,19,20). The number of hydrogen-bond donors (Lipinski definition) is 2. The lowest BCUT2D eigenvalue weighted by Crippen LogP contribution is -2.13. The molecule has 0 fully saturated rings. The molecule has 3 nitrogen and oxygen atoms in total. The number of carbonyl (C=O) groups excluding carboxylic acids is 1. The lowest BCUT2D eigenvalue weighted by atomic mass is 10.2. The Morgan fingerprint density at radius 3 is 2.40 bits per heavy atom. The highest BCUT2D eigenvalue weighted by Gasteiger charge is 2.13. The topological polar surface area (TPSA) is 55.1 Å². The normalized spacial score (nSPS) is 10.4. The van der Waals surface area contributed by atoms with Gasteiger partial charge in [-0.3, -0.25) is 4.79 Å². The minimum atomic E-state index is -0.857. The number of halogens is 4. The maximum atomic E-state index is 13.5. The molecule has 7 heteroatoms. The first-order chi connectivity index (χ1) is 9.38. The largest absolute Gasteiger partial charge is 0.398 e. The highest BCUT2D eigenvalue weighted by molar-refractivity contribution is 9.10. The fourth-order valence-corrected chi connectivity index (χ4v) is 2.09. The van der Waals surface area contributed by atoms with Crippen LogP contribution in [0.3, 0.4) is 0 Å². The van der Waals surface area contributed by atoms with Gasteiger partial charge in [0, 0.05) is 21.8 Å². The molecule has 0 aromatic heterocycles. The first kappa shape index (κ1) is 14.9. The van der Waals surface area contributed by atoms with Gasteiger partial charge in [-0.1, -0.05) is 0 Å². The number of nitrogens with two attached hydrogens (primary N) is 1. The summed E-state index contributed by atoms with van der Waals surface area (Å²) in [5, 5.41) is 2.36. The third-order valence-electron chi connectivity index (χ3n) is 2.52. The highest BCUT2D eigenvalue weighted by atomic mass is 79.9. The van der Waals surface area contributed by atoms with E-state index >= 15 is 0 Å². The number of rotatable bonds is 2. The lowest BCUT2D eigenvalue weighted by Gasteiger charge is -2.08. The summed E-state index contributed by atoms with van der Waals surface area (Å²) in [5.74, 6) is -2.14. The van der Waals surface area contributed by atoms with Crippen molar-refractivity contribution in [1.82, 2.24) is 0 Å². The molecule has 3 N–H and O–H groups in total. The summed E-state index contributed by atoms with van der Waals surface area (Å²) in [6.07, 6.45) is 0. The van der Waals surface area contributed by atoms with E-state index in [9.17, 15) is 13.6 Å². The molecular weight excluding hydrogens is 398 g/mol. The monoisotopic (exact) mass is 404 g/mol. The zero-order valence-electron chi connectivity index (χ0n) is 9.88. The van der Waals surface area contributed by atoms with E-state index in [1.54, 1.807) is 6.07 Å². The van der Waals surface area contributed by atoms with Crippen LogP contribution in [0, 0.1) is 11.6 Å². The summed E-state index contributed by atoms with van der Waals surface area (Å²) < 4.78 is 27.4. The molecule has 2 rings (SSSR count). The molecule has 2 aromatic carbocycles. The first-order valence-electron chi connectivity index (χ1n) is 5.39. The van der Waals surface area contributed by atoms with E-state index in [0.29, 0.717) is 16.2 Å². The maximum Gasteiger partial charge on any atom is 0.255 e. The summed E-state index contributed by atoms with van der Waals surface area (Å²) in [4.78, 5) is 12.0. The van der Waals surface area contributed by atoms with Gasteiger partial charge in [0.1, 0.15) is 11.6 Å². The number of carbonyl (C=O) groups is 1. The van der Waals surface area contributed by atoms with Gasteiger partial charge in [0.05, 0.1) is 10.2 Å². The Balaban J connectivity index is 2.27. The molecule has 0 aliphatic heterocycles. The van der Waals surface area contributed by atoms with Crippen LogP contribution in [0.5, 0.6) is 0 Å². The molecule has 20 heavy (non-hydrogen) atoms.